The van der Waals surface area contributed by atoms with Crippen LogP contribution in [0.25, 0.3) is 0 Å². The maximum Gasteiger partial charge on any atom is 0.328 e. The number of carbonyl (C=O) groups excluding carboxylic acids is 2. The van der Waals surface area contributed by atoms with E-state index in [-0.39, 0.29) is 11.9 Å². The van der Waals surface area contributed by atoms with Gasteiger partial charge in [-0.05, 0) is 42.9 Å². The number of fused-ring (bicyclic) bond motifs is 1. The third kappa shape index (κ3) is 4.79. The first-order valence-electron chi connectivity index (χ1n) is 10.5. The maximum absolute atomic E-state index is 12.5. The second-order valence-electron chi connectivity index (χ2n) is 7.53. The second-order valence-corrected chi connectivity index (χ2v) is 7.53. The van der Waals surface area contributed by atoms with Crippen LogP contribution in [0.4, 0.5) is 4.79 Å². The fraction of sp³-hybridized carbons (Fsp3) is 0.524. The Bertz CT molecular complexity index is 851. The fourth-order valence-electron chi connectivity index (χ4n) is 3.61. The highest BCUT2D eigenvalue weighted by molar-refractivity contribution is 6.03. The van der Waals surface area contributed by atoms with E-state index < -0.39 is 12.2 Å². The molecule has 0 aromatic heterocycles. The van der Waals surface area contributed by atoms with Gasteiger partial charge in [-0.15, -0.1) is 0 Å². The number of rotatable bonds is 8. The molecule has 2 aliphatic rings. The summed E-state index contributed by atoms with van der Waals surface area (Å²) in [5, 5.41) is 4.23. The van der Waals surface area contributed by atoms with Gasteiger partial charge in [-0.3, -0.25) is 9.69 Å². The molecular formula is C21H31N7O3. The average molecular weight is 430 g/mol. The van der Waals surface area contributed by atoms with E-state index in [1.807, 2.05) is 24.3 Å². The topological polar surface area (TPSA) is 93.1 Å². The summed E-state index contributed by atoms with van der Waals surface area (Å²) >= 11 is 0. The van der Waals surface area contributed by atoms with Crippen molar-refractivity contribution >= 4 is 24.1 Å². The molecule has 1 aromatic rings. The van der Waals surface area contributed by atoms with Gasteiger partial charge in [0.2, 0.25) is 5.96 Å². The van der Waals surface area contributed by atoms with Gasteiger partial charge < -0.3 is 19.4 Å². The number of hydrogen-bond donors (Lipinski definition) is 1. The van der Waals surface area contributed by atoms with Crippen molar-refractivity contribution in [2.45, 2.75) is 26.1 Å². The third-order valence-corrected chi connectivity index (χ3v) is 5.69. The SMILES string of the molecule is CCN(CC)CCOc1ccc(/C=N/NC2=NC3C(C(=O)N(C)C(=O)N3C)N2C)cc1. The Labute approximate surface area is 183 Å². The first-order chi connectivity index (χ1) is 14.9. The number of benzene rings is 1. The van der Waals surface area contributed by atoms with Gasteiger partial charge in [-0.2, -0.15) is 5.10 Å². The molecule has 1 N–H and O–H groups in total. The fourth-order valence-corrected chi connectivity index (χ4v) is 3.61. The maximum atomic E-state index is 12.5. The molecule has 3 amide bonds. The summed E-state index contributed by atoms with van der Waals surface area (Å²) in [7, 11) is 4.87. The normalized spacial score (nSPS) is 21.2. The summed E-state index contributed by atoms with van der Waals surface area (Å²) < 4.78 is 5.79. The molecule has 1 fully saturated rings. The number of guanidine groups is 1. The Morgan fingerprint density at radius 3 is 2.45 bits per heavy atom. The molecular weight excluding hydrogens is 398 g/mol. The average Bonchev–Trinajstić information content (AvgIpc) is 3.11. The van der Waals surface area contributed by atoms with Crippen LogP contribution >= 0.6 is 0 Å². The van der Waals surface area contributed by atoms with E-state index in [1.165, 1.54) is 11.9 Å². The highest BCUT2D eigenvalue weighted by Crippen LogP contribution is 2.25. The number of aliphatic imine (C=N–C) groups is 1. The third-order valence-electron chi connectivity index (χ3n) is 5.69. The van der Waals surface area contributed by atoms with Crippen LogP contribution in [0.1, 0.15) is 19.4 Å². The number of urea groups is 1. The van der Waals surface area contributed by atoms with E-state index in [2.05, 4.69) is 34.3 Å². The number of nitrogens with one attached hydrogen (secondary N) is 1. The van der Waals surface area contributed by atoms with Crippen LogP contribution in [0.2, 0.25) is 0 Å². The first kappa shape index (κ1) is 22.5. The van der Waals surface area contributed by atoms with Crippen LogP contribution in [0.15, 0.2) is 34.4 Å². The number of hydrogen-bond acceptors (Lipinski definition) is 8. The monoisotopic (exact) mass is 429 g/mol. The van der Waals surface area contributed by atoms with Crippen molar-refractivity contribution in [2.75, 3.05) is 47.4 Å². The lowest BCUT2D eigenvalue weighted by Crippen LogP contribution is -2.63. The van der Waals surface area contributed by atoms with Gasteiger partial charge in [0.1, 0.15) is 12.4 Å². The minimum Gasteiger partial charge on any atom is -0.492 e. The van der Waals surface area contributed by atoms with Gasteiger partial charge in [-0.25, -0.2) is 15.2 Å². The van der Waals surface area contributed by atoms with Gasteiger partial charge >= 0.3 is 6.03 Å². The lowest BCUT2D eigenvalue weighted by atomic mass is 10.1. The smallest absolute Gasteiger partial charge is 0.328 e. The molecule has 0 bridgehead atoms. The zero-order valence-corrected chi connectivity index (χ0v) is 18.8. The van der Waals surface area contributed by atoms with Crippen LogP contribution < -0.4 is 10.2 Å². The summed E-state index contributed by atoms with van der Waals surface area (Å²) in [4.78, 5) is 35.7. The summed E-state index contributed by atoms with van der Waals surface area (Å²) in [5.74, 6) is 0.971. The van der Waals surface area contributed by atoms with Gasteiger partial charge in [0.25, 0.3) is 5.91 Å². The zero-order chi connectivity index (χ0) is 22.5. The molecule has 3 rings (SSSR count). The van der Waals surface area contributed by atoms with Gasteiger partial charge in [0, 0.05) is 27.7 Å². The number of carbonyl (C=O) groups is 2. The van der Waals surface area contributed by atoms with E-state index in [1.54, 1.807) is 25.2 Å². The number of ether oxygens (including phenoxy) is 1. The number of imide groups is 1. The molecule has 2 aliphatic heterocycles. The van der Waals surface area contributed by atoms with E-state index in [4.69, 9.17) is 4.74 Å². The molecule has 10 heteroatoms. The van der Waals surface area contributed by atoms with E-state index >= 15 is 0 Å². The minimum atomic E-state index is -0.563. The van der Waals surface area contributed by atoms with E-state index in [0.29, 0.717) is 12.6 Å². The standard InChI is InChI=1S/C21H31N7O3/c1-6-28(7-2)12-13-31-16-10-8-15(9-11-16)14-22-24-20-23-18-17(25(20)3)19(29)27(5)21(30)26(18)4/h8-11,14,17-18H,6-7,12-13H2,1-5H3,(H,23,24)/b22-14+. The number of hydrazone groups is 1. The van der Waals surface area contributed by atoms with Crippen molar-refractivity contribution in [3.05, 3.63) is 29.8 Å². The molecule has 2 unspecified atom stereocenters. The quantitative estimate of drug-likeness (QED) is 0.487. The van der Waals surface area contributed by atoms with Crippen LogP contribution in [-0.2, 0) is 4.79 Å². The first-order valence-corrected chi connectivity index (χ1v) is 10.5. The van der Waals surface area contributed by atoms with Crippen molar-refractivity contribution in [3.63, 3.8) is 0 Å². The van der Waals surface area contributed by atoms with Crippen molar-refractivity contribution in [1.29, 1.82) is 0 Å². The summed E-state index contributed by atoms with van der Waals surface area (Å²) in [6.07, 6.45) is 1.10. The highest BCUT2D eigenvalue weighted by Gasteiger charge is 2.49. The molecule has 10 nitrogen and oxygen atoms in total. The molecule has 1 saturated heterocycles. The molecule has 31 heavy (non-hydrogen) atoms. The summed E-state index contributed by atoms with van der Waals surface area (Å²) in [5.41, 5.74) is 3.77. The summed E-state index contributed by atoms with van der Waals surface area (Å²) in [6, 6.07) is 6.73. The van der Waals surface area contributed by atoms with Crippen LogP contribution in [0.3, 0.4) is 0 Å². The highest BCUT2D eigenvalue weighted by atomic mass is 16.5. The zero-order valence-electron chi connectivity index (χ0n) is 18.8. The second kappa shape index (κ2) is 9.78. The Balaban J connectivity index is 1.55. The number of likely N-dealkylation sites (N-methyl/N-ethyl adjacent to an activating group) is 4. The Morgan fingerprint density at radius 2 is 1.81 bits per heavy atom. The number of nitrogens with zero attached hydrogens (tertiary/aromatic N) is 6. The molecule has 168 valence electrons. The Hall–Kier alpha value is -3.14. The molecule has 0 spiro atoms. The largest absolute Gasteiger partial charge is 0.492 e. The van der Waals surface area contributed by atoms with E-state index in [0.717, 1.165) is 35.8 Å². The molecule has 0 radical (unpaired) electrons. The minimum absolute atomic E-state index is 0.281. The van der Waals surface area contributed by atoms with Crippen molar-refractivity contribution < 1.29 is 14.3 Å². The van der Waals surface area contributed by atoms with Crippen LogP contribution in [0.5, 0.6) is 5.75 Å². The molecule has 0 saturated carbocycles. The van der Waals surface area contributed by atoms with Crippen molar-refractivity contribution in [1.82, 2.24) is 25.0 Å². The molecule has 1 aromatic carbocycles. The molecule has 2 heterocycles. The van der Waals surface area contributed by atoms with Gasteiger partial charge in [0.05, 0.1) is 6.21 Å². The van der Waals surface area contributed by atoms with Crippen LogP contribution in [0, 0.1) is 0 Å². The van der Waals surface area contributed by atoms with E-state index in [9.17, 15) is 9.59 Å². The van der Waals surface area contributed by atoms with Gasteiger partial charge in [0.15, 0.2) is 12.2 Å². The van der Waals surface area contributed by atoms with Gasteiger partial charge in [-0.1, -0.05) is 13.8 Å². The predicted molar refractivity (Wildman–Crippen MR) is 119 cm³/mol. The predicted octanol–water partition coefficient (Wildman–Crippen LogP) is 0.851. The summed E-state index contributed by atoms with van der Waals surface area (Å²) in [6.45, 7) is 7.86. The molecule has 0 aliphatic carbocycles. The van der Waals surface area contributed by atoms with Crippen LogP contribution in [-0.4, -0.2) is 103 Å². The Morgan fingerprint density at radius 1 is 1.13 bits per heavy atom. The number of amides is 3. The van der Waals surface area contributed by atoms with Crippen molar-refractivity contribution in [3.8, 4) is 5.75 Å². The Kier molecular flexibility index (Phi) is 7.11. The lowest BCUT2D eigenvalue weighted by molar-refractivity contribution is -0.135. The lowest BCUT2D eigenvalue weighted by Gasteiger charge is -2.38. The van der Waals surface area contributed by atoms with Crippen molar-refractivity contribution in [2.24, 2.45) is 10.1 Å². The molecule has 2 atom stereocenters.